The Morgan fingerprint density at radius 3 is 2.78 bits per heavy atom. The van der Waals surface area contributed by atoms with E-state index in [1.165, 1.54) is 6.20 Å². The summed E-state index contributed by atoms with van der Waals surface area (Å²) < 4.78 is 11.0. The third-order valence-electron chi connectivity index (χ3n) is 2.18. The lowest BCUT2D eigenvalue weighted by atomic mass is 10.3. The highest BCUT2D eigenvalue weighted by atomic mass is 35.5. The fourth-order valence-electron chi connectivity index (χ4n) is 1.43. The summed E-state index contributed by atoms with van der Waals surface area (Å²) in [4.78, 5) is 4.03. The van der Waals surface area contributed by atoms with Gasteiger partial charge in [-0.15, -0.1) is 0 Å². The summed E-state index contributed by atoms with van der Waals surface area (Å²) in [6.45, 7) is 2.52. The van der Waals surface area contributed by atoms with Gasteiger partial charge in [-0.2, -0.15) is 0 Å². The Morgan fingerprint density at radius 2 is 2.06 bits per heavy atom. The van der Waals surface area contributed by atoms with Crippen LogP contribution in [-0.2, 0) is 0 Å². The van der Waals surface area contributed by atoms with Crippen LogP contribution in [0.25, 0.3) is 0 Å². The Morgan fingerprint density at radius 1 is 1.28 bits per heavy atom. The van der Waals surface area contributed by atoms with Crippen LogP contribution in [0.15, 0.2) is 36.5 Å². The molecule has 2 aromatic rings. The van der Waals surface area contributed by atoms with Crippen LogP contribution in [-0.4, -0.2) is 11.6 Å². The summed E-state index contributed by atoms with van der Waals surface area (Å²) in [5.74, 6) is 1.68. The van der Waals surface area contributed by atoms with E-state index in [1.54, 1.807) is 18.2 Å². The summed E-state index contributed by atoms with van der Waals surface area (Å²) in [6, 6.07) is 8.87. The van der Waals surface area contributed by atoms with Gasteiger partial charge in [-0.1, -0.05) is 17.7 Å². The van der Waals surface area contributed by atoms with Gasteiger partial charge in [0.2, 0.25) is 5.88 Å². The zero-order chi connectivity index (χ0) is 13.0. The second-order valence-corrected chi connectivity index (χ2v) is 3.99. The van der Waals surface area contributed by atoms with Crippen molar-refractivity contribution in [1.29, 1.82) is 0 Å². The van der Waals surface area contributed by atoms with Crippen LogP contribution in [0.4, 0.5) is 5.69 Å². The molecule has 0 bridgehead atoms. The highest BCUT2D eigenvalue weighted by Gasteiger charge is 2.05. The number of nitrogens with two attached hydrogens (primary N) is 1. The number of pyridine rings is 1. The topological polar surface area (TPSA) is 57.4 Å². The van der Waals surface area contributed by atoms with E-state index in [-0.39, 0.29) is 0 Å². The van der Waals surface area contributed by atoms with E-state index in [2.05, 4.69) is 4.98 Å². The first-order chi connectivity index (χ1) is 8.69. The van der Waals surface area contributed by atoms with E-state index in [0.29, 0.717) is 28.9 Å². The molecule has 2 N–H and O–H groups in total. The second kappa shape index (κ2) is 5.60. The molecule has 0 saturated carbocycles. The van der Waals surface area contributed by atoms with Crippen molar-refractivity contribution < 1.29 is 9.47 Å². The zero-order valence-electron chi connectivity index (χ0n) is 9.89. The maximum atomic E-state index is 5.77. The minimum absolute atomic E-state index is 0.327. The molecule has 0 aliphatic carbocycles. The molecule has 0 spiro atoms. The number of nitrogens with zero attached hydrogens (tertiary/aromatic N) is 1. The summed E-state index contributed by atoms with van der Waals surface area (Å²) in [7, 11) is 0. The number of anilines is 1. The van der Waals surface area contributed by atoms with Gasteiger partial charge in [-0.25, -0.2) is 4.98 Å². The van der Waals surface area contributed by atoms with Crippen LogP contribution < -0.4 is 15.2 Å². The lowest BCUT2D eigenvalue weighted by Crippen LogP contribution is -1.96. The lowest BCUT2D eigenvalue weighted by molar-refractivity contribution is 0.338. The van der Waals surface area contributed by atoms with E-state index in [4.69, 9.17) is 26.8 Å². The second-order valence-electron chi connectivity index (χ2n) is 3.56. The van der Waals surface area contributed by atoms with Gasteiger partial charge in [0.1, 0.15) is 11.5 Å². The highest BCUT2D eigenvalue weighted by molar-refractivity contribution is 6.30. The number of hydrogen-bond acceptors (Lipinski definition) is 4. The van der Waals surface area contributed by atoms with E-state index < -0.39 is 0 Å². The standard InChI is InChI=1S/C13H13ClN2O2/c1-2-17-10-4-3-5-11(7-10)18-13-12(15)6-9(14)8-16-13/h3-8H,2,15H2,1H3. The molecule has 0 aliphatic rings. The van der Waals surface area contributed by atoms with E-state index in [1.807, 2.05) is 19.1 Å². The molecule has 2 rings (SSSR count). The minimum Gasteiger partial charge on any atom is -0.494 e. The number of halogens is 1. The normalized spacial score (nSPS) is 10.1. The zero-order valence-corrected chi connectivity index (χ0v) is 10.6. The Kier molecular flexibility index (Phi) is 3.89. The Bertz CT molecular complexity index is 546. The molecule has 1 heterocycles. The van der Waals surface area contributed by atoms with Crippen LogP contribution in [0, 0.1) is 0 Å². The number of benzene rings is 1. The first-order valence-corrected chi connectivity index (χ1v) is 5.88. The molecule has 94 valence electrons. The molecule has 4 nitrogen and oxygen atoms in total. The van der Waals surface area contributed by atoms with Gasteiger partial charge in [0.25, 0.3) is 0 Å². The smallest absolute Gasteiger partial charge is 0.242 e. The van der Waals surface area contributed by atoms with Gasteiger partial charge in [0.15, 0.2) is 0 Å². The van der Waals surface area contributed by atoms with Crippen LogP contribution in [0.3, 0.4) is 0 Å². The van der Waals surface area contributed by atoms with Crippen molar-refractivity contribution in [3.63, 3.8) is 0 Å². The predicted octanol–water partition coefficient (Wildman–Crippen LogP) is 3.51. The maximum absolute atomic E-state index is 5.77. The molecule has 1 aromatic heterocycles. The van der Waals surface area contributed by atoms with Crippen molar-refractivity contribution in [2.45, 2.75) is 6.92 Å². The van der Waals surface area contributed by atoms with Crippen molar-refractivity contribution in [3.8, 4) is 17.4 Å². The van der Waals surface area contributed by atoms with Gasteiger partial charge in [0.05, 0.1) is 17.3 Å². The molecular weight excluding hydrogens is 252 g/mol. The van der Waals surface area contributed by atoms with Crippen molar-refractivity contribution in [2.24, 2.45) is 0 Å². The lowest BCUT2D eigenvalue weighted by Gasteiger charge is -2.09. The van der Waals surface area contributed by atoms with Crippen molar-refractivity contribution in [1.82, 2.24) is 4.98 Å². The van der Waals surface area contributed by atoms with E-state index >= 15 is 0 Å². The van der Waals surface area contributed by atoms with Crippen molar-refractivity contribution in [3.05, 3.63) is 41.6 Å². The first kappa shape index (κ1) is 12.5. The Labute approximate surface area is 110 Å². The quantitative estimate of drug-likeness (QED) is 0.918. The molecule has 0 unspecified atom stereocenters. The monoisotopic (exact) mass is 264 g/mol. The molecule has 0 atom stereocenters. The molecular formula is C13H13ClN2O2. The molecule has 5 heteroatoms. The summed E-state index contributed by atoms with van der Waals surface area (Å²) in [6.07, 6.45) is 1.49. The van der Waals surface area contributed by atoms with Crippen LogP contribution in [0.1, 0.15) is 6.92 Å². The third-order valence-corrected chi connectivity index (χ3v) is 2.38. The molecule has 0 radical (unpaired) electrons. The average Bonchev–Trinajstić information content (AvgIpc) is 2.34. The van der Waals surface area contributed by atoms with Crippen LogP contribution in [0.5, 0.6) is 17.4 Å². The molecule has 0 aliphatic heterocycles. The predicted molar refractivity (Wildman–Crippen MR) is 71.3 cm³/mol. The maximum Gasteiger partial charge on any atom is 0.242 e. The Balaban J connectivity index is 2.20. The van der Waals surface area contributed by atoms with Gasteiger partial charge < -0.3 is 15.2 Å². The number of ether oxygens (including phenoxy) is 2. The van der Waals surface area contributed by atoms with Crippen molar-refractivity contribution in [2.75, 3.05) is 12.3 Å². The van der Waals surface area contributed by atoms with Crippen LogP contribution in [0.2, 0.25) is 5.02 Å². The fraction of sp³-hybridized carbons (Fsp3) is 0.154. The Hall–Kier alpha value is -1.94. The molecule has 1 aromatic carbocycles. The van der Waals surface area contributed by atoms with Gasteiger partial charge in [-0.3, -0.25) is 0 Å². The highest BCUT2D eigenvalue weighted by Crippen LogP contribution is 2.28. The fourth-order valence-corrected chi connectivity index (χ4v) is 1.60. The number of aromatic nitrogens is 1. The molecule has 18 heavy (non-hydrogen) atoms. The van der Waals surface area contributed by atoms with Gasteiger partial charge >= 0.3 is 0 Å². The van der Waals surface area contributed by atoms with Gasteiger partial charge in [0, 0.05) is 12.3 Å². The number of nitrogen functional groups attached to an aromatic ring is 1. The van der Waals surface area contributed by atoms with Crippen molar-refractivity contribution >= 4 is 17.3 Å². The number of hydrogen-bond donors (Lipinski definition) is 1. The summed E-state index contributed by atoms with van der Waals surface area (Å²) >= 11 is 5.77. The average molecular weight is 265 g/mol. The molecule has 0 saturated heterocycles. The molecule has 0 fully saturated rings. The van der Waals surface area contributed by atoms with Crippen LogP contribution >= 0.6 is 11.6 Å². The summed E-state index contributed by atoms with van der Waals surface area (Å²) in [5, 5.41) is 0.475. The van der Waals surface area contributed by atoms with E-state index in [0.717, 1.165) is 5.75 Å². The minimum atomic E-state index is 0.327. The largest absolute Gasteiger partial charge is 0.494 e. The SMILES string of the molecule is CCOc1cccc(Oc2ncc(Cl)cc2N)c1. The van der Waals surface area contributed by atoms with E-state index in [9.17, 15) is 0 Å². The first-order valence-electron chi connectivity index (χ1n) is 5.51. The number of rotatable bonds is 4. The van der Waals surface area contributed by atoms with Gasteiger partial charge in [-0.05, 0) is 25.1 Å². The molecule has 0 amide bonds. The summed E-state index contributed by atoms with van der Waals surface area (Å²) in [5.41, 5.74) is 6.16. The third kappa shape index (κ3) is 3.05.